The summed E-state index contributed by atoms with van der Waals surface area (Å²) in [6, 6.07) is 8.95. The van der Waals surface area contributed by atoms with Crippen molar-refractivity contribution < 1.29 is 9.90 Å². The van der Waals surface area contributed by atoms with Crippen molar-refractivity contribution in [3.63, 3.8) is 0 Å². The van der Waals surface area contributed by atoms with Crippen LogP contribution in [0.2, 0.25) is 0 Å². The zero-order chi connectivity index (χ0) is 16.5. The molecule has 5 heteroatoms. The van der Waals surface area contributed by atoms with Crippen molar-refractivity contribution in [1.29, 1.82) is 0 Å². The first-order valence-electron chi connectivity index (χ1n) is 9.01. The minimum absolute atomic E-state index is 0.270. The molecule has 2 aliphatic heterocycles. The van der Waals surface area contributed by atoms with Gasteiger partial charge in [0.1, 0.15) is 0 Å². The molecule has 0 spiro atoms. The van der Waals surface area contributed by atoms with Crippen molar-refractivity contribution in [3.8, 4) is 0 Å². The Kier molecular flexibility index (Phi) is 4.55. The first kappa shape index (κ1) is 16.0. The number of aliphatic hydroxyl groups excluding tert-OH is 1. The lowest BCUT2D eigenvalue weighted by Crippen LogP contribution is -2.47. The van der Waals surface area contributed by atoms with E-state index in [2.05, 4.69) is 16.0 Å². The van der Waals surface area contributed by atoms with Gasteiger partial charge in [-0.2, -0.15) is 0 Å². The zero-order valence-electron chi connectivity index (χ0n) is 13.9. The highest BCUT2D eigenvalue weighted by atomic mass is 32.1. The molecule has 24 heavy (non-hydrogen) atoms. The molecule has 1 unspecified atom stereocenters. The van der Waals surface area contributed by atoms with E-state index in [0.29, 0.717) is 30.3 Å². The molecule has 2 saturated heterocycles. The summed E-state index contributed by atoms with van der Waals surface area (Å²) in [4.78, 5) is 19.5. The Morgan fingerprint density at radius 1 is 1.25 bits per heavy atom. The largest absolute Gasteiger partial charge is 0.396 e. The Labute approximate surface area is 146 Å². The highest BCUT2D eigenvalue weighted by molar-refractivity contribution is 7.18. The summed E-state index contributed by atoms with van der Waals surface area (Å²) in [6.45, 7) is 0.270. The van der Waals surface area contributed by atoms with Gasteiger partial charge in [0, 0.05) is 25.1 Å². The number of nitrogens with zero attached hydrogens (tertiary/aromatic N) is 2. The molecule has 1 aromatic heterocycles. The second-order valence-corrected chi connectivity index (χ2v) is 8.25. The fourth-order valence-corrected chi connectivity index (χ4v) is 5.40. The first-order chi connectivity index (χ1) is 11.7. The summed E-state index contributed by atoms with van der Waals surface area (Å²) in [5.41, 5.74) is 1.06. The van der Waals surface area contributed by atoms with Gasteiger partial charge in [-0.25, -0.2) is 4.98 Å². The van der Waals surface area contributed by atoms with E-state index in [0.717, 1.165) is 49.0 Å². The molecule has 1 aromatic carbocycles. The van der Waals surface area contributed by atoms with Crippen molar-refractivity contribution in [3.05, 3.63) is 29.3 Å². The molecular formula is C19H24N2O2S. The lowest BCUT2D eigenvalue weighted by atomic mass is 9.91. The number of aromatic nitrogens is 1. The van der Waals surface area contributed by atoms with Crippen molar-refractivity contribution in [1.82, 2.24) is 9.88 Å². The number of piperidine rings is 1. The molecule has 128 valence electrons. The van der Waals surface area contributed by atoms with Gasteiger partial charge in [0.25, 0.3) is 0 Å². The lowest BCUT2D eigenvalue weighted by Gasteiger charge is -2.38. The van der Waals surface area contributed by atoms with E-state index in [4.69, 9.17) is 0 Å². The number of carbonyl (C=O) groups excluding carboxylic acids is 1. The average molecular weight is 344 g/mol. The van der Waals surface area contributed by atoms with Crippen LogP contribution in [-0.4, -0.2) is 39.6 Å². The monoisotopic (exact) mass is 344 g/mol. The maximum atomic E-state index is 12.7. The van der Waals surface area contributed by atoms with Gasteiger partial charge in [-0.3, -0.25) is 4.79 Å². The summed E-state index contributed by atoms with van der Waals surface area (Å²) >= 11 is 1.74. The number of hydrogen-bond acceptors (Lipinski definition) is 4. The molecule has 2 aromatic rings. The van der Waals surface area contributed by atoms with Crippen LogP contribution in [-0.2, 0) is 11.2 Å². The van der Waals surface area contributed by atoms with Crippen LogP contribution in [0.25, 0.3) is 10.2 Å². The van der Waals surface area contributed by atoms with Crippen molar-refractivity contribution >= 4 is 27.5 Å². The Bertz CT molecular complexity index is 682. The second-order valence-electron chi connectivity index (χ2n) is 7.13. The maximum Gasteiger partial charge on any atom is 0.223 e. The molecule has 4 nitrogen and oxygen atoms in total. The number of carbonyl (C=O) groups is 1. The molecular weight excluding hydrogens is 320 g/mol. The summed E-state index contributed by atoms with van der Waals surface area (Å²) in [6.07, 6.45) is 6.57. The predicted molar refractivity (Wildman–Crippen MR) is 96.0 cm³/mol. The van der Waals surface area contributed by atoms with Crippen LogP contribution in [0.5, 0.6) is 0 Å². The lowest BCUT2D eigenvalue weighted by molar-refractivity contribution is -0.136. The van der Waals surface area contributed by atoms with Gasteiger partial charge in [0.05, 0.1) is 15.2 Å². The van der Waals surface area contributed by atoms with E-state index in [-0.39, 0.29) is 6.61 Å². The number of aliphatic hydroxyl groups is 1. The van der Waals surface area contributed by atoms with Gasteiger partial charge in [-0.1, -0.05) is 12.1 Å². The van der Waals surface area contributed by atoms with Crippen LogP contribution in [0.4, 0.5) is 0 Å². The number of fused-ring (bicyclic) bond motifs is 3. The van der Waals surface area contributed by atoms with Crippen molar-refractivity contribution in [2.24, 2.45) is 5.92 Å². The third-order valence-electron chi connectivity index (χ3n) is 5.50. The van der Waals surface area contributed by atoms with E-state index in [1.807, 2.05) is 18.2 Å². The molecule has 1 N–H and O–H groups in total. The summed E-state index contributed by atoms with van der Waals surface area (Å²) in [5.74, 6) is 0.703. The van der Waals surface area contributed by atoms with Gasteiger partial charge in [-0.05, 0) is 56.6 Å². The zero-order valence-corrected chi connectivity index (χ0v) is 14.7. The van der Waals surface area contributed by atoms with Crippen LogP contribution in [0, 0.1) is 5.92 Å². The second kappa shape index (κ2) is 6.81. The number of aryl methyl sites for hydroxylation is 1. The highest BCUT2D eigenvalue weighted by Crippen LogP contribution is 2.39. The van der Waals surface area contributed by atoms with E-state index < -0.39 is 0 Å². The summed E-state index contributed by atoms with van der Waals surface area (Å²) in [5, 5.41) is 10.5. The average Bonchev–Trinajstić information content (AvgIpc) is 3.12. The molecule has 3 heterocycles. The van der Waals surface area contributed by atoms with Crippen molar-refractivity contribution in [2.45, 2.75) is 57.0 Å². The molecule has 0 aliphatic carbocycles. The smallest absolute Gasteiger partial charge is 0.223 e. The van der Waals surface area contributed by atoms with Gasteiger partial charge in [0.2, 0.25) is 5.91 Å². The van der Waals surface area contributed by atoms with Gasteiger partial charge < -0.3 is 10.0 Å². The molecule has 2 aliphatic rings. The van der Waals surface area contributed by atoms with Crippen LogP contribution < -0.4 is 0 Å². The van der Waals surface area contributed by atoms with E-state index in [1.54, 1.807) is 11.3 Å². The molecule has 4 rings (SSSR count). The number of thiazole rings is 1. The van der Waals surface area contributed by atoms with E-state index in [1.165, 1.54) is 4.70 Å². The third-order valence-corrected chi connectivity index (χ3v) is 6.59. The molecule has 0 saturated carbocycles. The fourth-order valence-electron chi connectivity index (χ4n) is 4.39. The quantitative estimate of drug-likeness (QED) is 0.905. The van der Waals surface area contributed by atoms with Crippen LogP contribution in [0.3, 0.4) is 0 Å². The molecule has 2 fully saturated rings. The Balaban J connectivity index is 1.32. The fraction of sp³-hybridized carbons (Fsp3) is 0.579. The van der Waals surface area contributed by atoms with Gasteiger partial charge >= 0.3 is 0 Å². The molecule has 2 bridgehead atoms. The Morgan fingerprint density at radius 3 is 2.71 bits per heavy atom. The number of para-hydroxylation sites is 1. The maximum absolute atomic E-state index is 12.7. The number of benzene rings is 1. The summed E-state index contributed by atoms with van der Waals surface area (Å²) < 4.78 is 1.22. The standard InChI is InChI=1S/C19H24N2O2S/c22-12-13-10-14-8-9-15(11-13)21(14)19(23)7-3-6-18-20-16-4-1-2-5-17(16)24-18/h1-2,4-5,13-15,22H,3,6-12H2/t13?,14-,15+. The predicted octanol–water partition coefficient (Wildman–Crippen LogP) is 3.38. The Morgan fingerprint density at radius 2 is 2.00 bits per heavy atom. The molecule has 3 atom stereocenters. The minimum Gasteiger partial charge on any atom is -0.396 e. The third kappa shape index (κ3) is 3.07. The normalized spacial score (nSPS) is 26.2. The van der Waals surface area contributed by atoms with E-state index in [9.17, 15) is 9.90 Å². The van der Waals surface area contributed by atoms with Crippen LogP contribution >= 0.6 is 11.3 Å². The number of amides is 1. The number of hydrogen-bond donors (Lipinski definition) is 1. The molecule has 1 amide bonds. The minimum atomic E-state index is 0.270. The van der Waals surface area contributed by atoms with Crippen LogP contribution in [0.15, 0.2) is 24.3 Å². The SMILES string of the molecule is O=C(CCCc1nc2ccccc2s1)N1[C@@H]2CC[C@H]1CC(CO)C2. The highest BCUT2D eigenvalue weighted by Gasteiger charge is 2.42. The van der Waals surface area contributed by atoms with E-state index >= 15 is 0 Å². The van der Waals surface area contributed by atoms with Crippen molar-refractivity contribution in [2.75, 3.05) is 6.61 Å². The summed E-state index contributed by atoms with van der Waals surface area (Å²) in [7, 11) is 0. The first-order valence-corrected chi connectivity index (χ1v) is 9.82. The molecule has 0 radical (unpaired) electrons. The van der Waals surface area contributed by atoms with Crippen LogP contribution in [0.1, 0.15) is 43.5 Å². The Hall–Kier alpha value is -1.46. The topological polar surface area (TPSA) is 53.4 Å². The number of rotatable bonds is 5. The van der Waals surface area contributed by atoms with Gasteiger partial charge in [0.15, 0.2) is 0 Å². The van der Waals surface area contributed by atoms with Gasteiger partial charge in [-0.15, -0.1) is 11.3 Å².